The van der Waals surface area contributed by atoms with Crippen LogP contribution in [0.1, 0.15) is 37.4 Å². The van der Waals surface area contributed by atoms with Crippen molar-refractivity contribution < 1.29 is 0 Å². The van der Waals surface area contributed by atoms with Crippen LogP contribution in [0.4, 0.5) is 0 Å². The van der Waals surface area contributed by atoms with Gasteiger partial charge in [0, 0.05) is 4.88 Å². The molecular weight excluding hydrogens is 190 g/mol. The molecular formula is C12H15NS. The highest BCUT2D eigenvalue weighted by Crippen LogP contribution is 2.27. The van der Waals surface area contributed by atoms with Crippen LogP contribution in [0.5, 0.6) is 0 Å². The van der Waals surface area contributed by atoms with Crippen LogP contribution in [0.15, 0.2) is 18.2 Å². The molecule has 0 radical (unpaired) electrons. The van der Waals surface area contributed by atoms with Gasteiger partial charge in [-0.3, -0.25) is 0 Å². The minimum atomic E-state index is 0.195. The van der Waals surface area contributed by atoms with Crippen molar-refractivity contribution in [3.05, 3.63) is 28.0 Å². The van der Waals surface area contributed by atoms with E-state index in [9.17, 15) is 0 Å². The van der Waals surface area contributed by atoms with Gasteiger partial charge in [-0.25, -0.2) is 0 Å². The van der Waals surface area contributed by atoms with E-state index in [0.29, 0.717) is 0 Å². The molecule has 1 heterocycles. The maximum atomic E-state index is 8.71. The van der Waals surface area contributed by atoms with E-state index in [-0.39, 0.29) is 5.41 Å². The zero-order chi connectivity index (χ0) is 10.8. The Labute approximate surface area is 89.7 Å². The SMILES string of the molecule is C/C(=C\C(C)(C)C)c1ccc(C#N)s1. The summed E-state index contributed by atoms with van der Waals surface area (Å²) in [5.41, 5.74) is 1.45. The Bertz CT molecular complexity index is 385. The molecule has 1 aromatic rings. The highest BCUT2D eigenvalue weighted by Gasteiger charge is 2.08. The van der Waals surface area contributed by atoms with Gasteiger partial charge in [-0.2, -0.15) is 5.26 Å². The summed E-state index contributed by atoms with van der Waals surface area (Å²) in [6, 6.07) is 6.05. The molecule has 0 aliphatic rings. The smallest absolute Gasteiger partial charge is 0.110 e. The molecule has 2 heteroatoms. The van der Waals surface area contributed by atoms with Gasteiger partial charge in [0.2, 0.25) is 0 Å². The van der Waals surface area contributed by atoms with E-state index in [1.54, 1.807) is 11.3 Å². The van der Waals surface area contributed by atoms with E-state index in [2.05, 4.69) is 39.8 Å². The number of rotatable bonds is 1. The molecule has 1 aromatic heterocycles. The zero-order valence-corrected chi connectivity index (χ0v) is 9.90. The first-order chi connectivity index (χ1) is 6.42. The van der Waals surface area contributed by atoms with Gasteiger partial charge in [0.25, 0.3) is 0 Å². The molecule has 74 valence electrons. The Morgan fingerprint density at radius 3 is 2.50 bits per heavy atom. The summed E-state index contributed by atoms with van der Waals surface area (Å²) in [5, 5.41) is 8.71. The molecule has 0 amide bonds. The molecule has 0 atom stereocenters. The largest absolute Gasteiger partial charge is 0.192 e. The van der Waals surface area contributed by atoms with Crippen LogP contribution in [-0.4, -0.2) is 0 Å². The summed E-state index contributed by atoms with van der Waals surface area (Å²) < 4.78 is 0. The Morgan fingerprint density at radius 1 is 1.43 bits per heavy atom. The molecule has 1 rings (SSSR count). The quantitative estimate of drug-likeness (QED) is 0.678. The van der Waals surface area contributed by atoms with Gasteiger partial charge in [-0.05, 0) is 30.0 Å². The standard InChI is InChI=1S/C12H15NS/c1-9(7-12(2,3)4)11-6-5-10(8-13)14-11/h5-7H,1-4H3/b9-7+. The zero-order valence-electron chi connectivity index (χ0n) is 9.09. The van der Waals surface area contributed by atoms with Crippen LogP contribution in [-0.2, 0) is 0 Å². The summed E-state index contributed by atoms with van der Waals surface area (Å²) in [7, 11) is 0. The third-order valence-corrected chi connectivity index (χ3v) is 2.88. The van der Waals surface area contributed by atoms with Crippen LogP contribution in [0, 0.1) is 16.7 Å². The lowest BCUT2D eigenvalue weighted by Crippen LogP contribution is -1.99. The van der Waals surface area contributed by atoms with Crippen molar-refractivity contribution >= 4 is 16.9 Å². The lowest BCUT2D eigenvalue weighted by atomic mass is 9.93. The number of allylic oxidation sites excluding steroid dienone is 2. The number of hydrogen-bond donors (Lipinski definition) is 0. The topological polar surface area (TPSA) is 23.8 Å². The van der Waals surface area contributed by atoms with Gasteiger partial charge in [0.15, 0.2) is 0 Å². The maximum absolute atomic E-state index is 8.71. The van der Waals surface area contributed by atoms with Crippen molar-refractivity contribution in [3.63, 3.8) is 0 Å². The summed E-state index contributed by atoms with van der Waals surface area (Å²) >= 11 is 1.55. The van der Waals surface area contributed by atoms with E-state index in [1.807, 2.05) is 12.1 Å². The van der Waals surface area contributed by atoms with E-state index in [0.717, 1.165) is 4.88 Å². The summed E-state index contributed by atoms with van der Waals surface area (Å²) in [4.78, 5) is 1.97. The van der Waals surface area contributed by atoms with Crippen molar-refractivity contribution in [3.8, 4) is 6.07 Å². The number of nitriles is 1. The molecule has 14 heavy (non-hydrogen) atoms. The molecule has 1 nitrogen and oxygen atoms in total. The lowest BCUT2D eigenvalue weighted by molar-refractivity contribution is 0.545. The molecule has 0 aliphatic heterocycles. The van der Waals surface area contributed by atoms with Crippen molar-refractivity contribution in [1.82, 2.24) is 0 Å². The van der Waals surface area contributed by atoms with Gasteiger partial charge < -0.3 is 0 Å². The van der Waals surface area contributed by atoms with Crippen LogP contribution < -0.4 is 0 Å². The first kappa shape index (κ1) is 11.0. The van der Waals surface area contributed by atoms with Crippen molar-refractivity contribution in [2.45, 2.75) is 27.7 Å². The number of nitrogens with zero attached hydrogens (tertiary/aromatic N) is 1. The molecule has 0 bridgehead atoms. The van der Waals surface area contributed by atoms with Gasteiger partial charge in [0.05, 0.1) is 0 Å². The normalized spacial score (nSPS) is 12.6. The van der Waals surface area contributed by atoms with Crippen LogP contribution in [0.2, 0.25) is 0 Å². The predicted molar refractivity (Wildman–Crippen MR) is 62.1 cm³/mol. The monoisotopic (exact) mass is 205 g/mol. The molecule has 0 saturated heterocycles. The van der Waals surface area contributed by atoms with E-state index >= 15 is 0 Å². The molecule has 0 spiro atoms. The van der Waals surface area contributed by atoms with Crippen LogP contribution in [0.25, 0.3) is 5.57 Å². The van der Waals surface area contributed by atoms with Crippen molar-refractivity contribution in [2.24, 2.45) is 5.41 Å². The maximum Gasteiger partial charge on any atom is 0.110 e. The fraction of sp³-hybridized carbons (Fsp3) is 0.417. The molecule has 0 N–H and O–H groups in total. The van der Waals surface area contributed by atoms with E-state index in [4.69, 9.17) is 5.26 Å². The van der Waals surface area contributed by atoms with Crippen molar-refractivity contribution in [2.75, 3.05) is 0 Å². The van der Waals surface area contributed by atoms with E-state index < -0.39 is 0 Å². The molecule has 0 aromatic carbocycles. The van der Waals surface area contributed by atoms with E-state index in [1.165, 1.54) is 10.5 Å². The Morgan fingerprint density at radius 2 is 2.07 bits per heavy atom. The first-order valence-corrected chi connectivity index (χ1v) is 5.44. The summed E-state index contributed by atoms with van der Waals surface area (Å²) in [6.45, 7) is 8.62. The number of thiophene rings is 1. The average Bonchev–Trinajstić information content (AvgIpc) is 2.48. The molecule has 0 fully saturated rings. The lowest BCUT2D eigenvalue weighted by Gasteiger charge is -2.13. The second-order valence-electron chi connectivity index (χ2n) is 4.47. The first-order valence-electron chi connectivity index (χ1n) is 4.62. The fourth-order valence-electron chi connectivity index (χ4n) is 1.33. The predicted octanol–water partition coefficient (Wildman–Crippen LogP) is 4.07. The van der Waals surface area contributed by atoms with Gasteiger partial charge in [-0.1, -0.05) is 26.8 Å². The summed E-state index contributed by atoms with van der Waals surface area (Å²) in [6.07, 6.45) is 2.24. The second-order valence-corrected chi connectivity index (χ2v) is 5.55. The van der Waals surface area contributed by atoms with Crippen LogP contribution >= 0.6 is 11.3 Å². The minimum absolute atomic E-state index is 0.195. The van der Waals surface area contributed by atoms with Gasteiger partial charge in [0.1, 0.15) is 10.9 Å². The number of hydrogen-bond acceptors (Lipinski definition) is 2. The molecule has 0 aliphatic carbocycles. The van der Waals surface area contributed by atoms with Gasteiger partial charge in [-0.15, -0.1) is 11.3 Å². The highest BCUT2D eigenvalue weighted by atomic mass is 32.1. The third kappa shape index (κ3) is 3.01. The Balaban J connectivity index is 2.96. The Kier molecular flexibility index (Phi) is 3.13. The third-order valence-electron chi connectivity index (χ3n) is 1.75. The van der Waals surface area contributed by atoms with Crippen LogP contribution in [0.3, 0.4) is 0 Å². The Hall–Kier alpha value is -1.07. The summed E-state index contributed by atoms with van der Waals surface area (Å²) in [5.74, 6) is 0. The highest BCUT2D eigenvalue weighted by molar-refractivity contribution is 7.13. The minimum Gasteiger partial charge on any atom is -0.192 e. The fourth-order valence-corrected chi connectivity index (χ4v) is 2.11. The average molecular weight is 205 g/mol. The van der Waals surface area contributed by atoms with Crippen molar-refractivity contribution in [1.29, 1.82) is 5.26 Å². The van der Waals surface area contributed by atoms with Gasteiger partial charge >= 0.3 is 0 Å². The molecule has 0 saturated carbocycles. The second kappa shape index (κ2) is 3.98. The molecule has 0 unspecified atom stereocenters.